The van der Waals surface area contributed by atoms with Crippen molar-refractivity contribution in [2.75, 3.05) is 0 Å². The van der Waals surface area contributed by atoms with Crippen molar-refractivity contribution in [1.29, 1.82) is 0 Å². The van der Waals surface area contributed by atoms with Crippen molar-refractivity contribution in [1.82, 2.24) is 0 Å². The second-order valence-electron chi connectivity index (χ2n) is 7.04. The fourth-order valence-corrected chi connectivity index (χ4v) is 2.68. The third kappa shape index (κ3) is 21.1. The molecule has 1 atom stereocenters. The Kier molecular flexibility index (Phi) is 26.5. The molecule has 1 aromatic carbocycles. The summed E-state index contributed by atoms with van der Waals surface area (Å²) in [5.74, 6) is -3.25. The first-order valence-corrected chi connectivity index (χ1v) is 9.24. The van der Waals surface area contributed by atoms with E-state index in [4.69, 9.17) is 0 Å². The van der Waals surface area contributed by atoms with Crippen LogP contribution in [-0.2, 0) is 13.7 Å². The molecule has 0 aliphatic rings. The molecule has 27 heavy (non-hydrogen) atoms. The summed E-state index contributed by atoms with van der Waals surface area (Å²) in [4.78, 5) is 18.6. The van der Waals surface area contributed by atoms with Gasteiger partial charge in [-0.1, -0.05) is 0 Å². The van der Waals surface area contributed by atoms with Crippen LogP contribution in [0.1, 0.15) is 77.2 Å². The fraction of sp³-hybridized carbons (Fsp3) is 0.600. The summed E-state index contributed by atoms with van der Waals surface area (Å²) < 4.78 is 0.338. The number of carbonyl (C=O) groups is 2. The van der Waals surface area contributed by atoms with Gasteiger partial charge in [0, 0.05) is 18.4 Å². The van der Waals surface area contributed by atoms with E-state index in [1.165, 1.54) is 56.9 Å². The number of carbonyl (C=O) groups excluding carboxylic acids is 2. The zero-order valence-electron chi connectivity index (χ0n) is 17.9. The molecule has 0 aliphatic carbocycles. The van der Waals surface area contributed by atoms with Gasteiger partial charge in [0.25, 0.3) is 0 Å². The van der Waals surface area contributed by atoms with Crippen molar-refractivity contribution in [3.05, 3.63) is 35.9 Å². The molecule has 0 heterocycles. The standard InChI is InChI=1S/C17H27.C3H4O4.2K.Li/c1-3-4-5-6-7-8-10-13-16(2)17-14-11-9-12-15-17;4-2(5)1-3(6)7;;;/h9,11-12,14-15H,3-8,10,13H2,1-2H3;1H2,(H,4,5)(H,6,7);;;/q;;2*+1;/p-2. The van der Waals surface area contributed by atoms with Gasteiger partial charge >= 0.3 is 226 Å². The minimum atomic E-state index is -1.63. The van der Waals surface area contributed by atoms with E-state index in [9.17, 15) is 19.8 Å². The van der Waals surface area contributed by atoms with Gasteiger partial charge in [-0.25, -0.2) is 0 Å². The molecule has 4 nitrogen and oxygen atoms in total. The van der Waals surface area contributed by atoms with Gasteiger partial charge in [0.05, 0.1) is 0 Å². The van der Waals surface area contributed by atoms with Crippen LogP contribution < -0.4 is 113 Å². The molecule has 0 saturated carbocycles. The van der Waals surface area contributed by atoms with Crippen molar-refractivity contribution in [3.8, 4) is 0 Å². The van der Waals surface area contributed by atoms with Crippen molar-refractivity contribution >= 4 is 29.7 Å². The summed E-state index contributed by atoms with van der Waals surface area (Å²) in [7, 11) is 0. The molecular formula is C20H29K2LiO4. The topological polar surface area (TPSA) is 80.3 Å². The van der Waals surface area contributed by atoms with Gasteiger partial charge in [-0.05, 0) is 0 Å². The van der Waals surface area contributed by atoms with E-state index < -0.39 is 18.4 Å². The summed E-state index contributed by atoms with van der Waals surface area (Å²) >= 11 is 2.37. The predicted octanol–water partition coefficient (Wildman–Crippen LogP) is -3.90. The molecule has 0 spiro atoms. The van der Waals surface area contributed by atoms with Crippen molar-refractivity contribution in [2.45, 2.75) is 75.7 Å². The SMILES string of the molecule is O=C([O-])CC(=O)[O-].[K+].[K+].[Li][C](C)(CCCCCCCCC)c1ccccc1. The van der Waals surface area contributed by atoms with Gasteiger partial charge in [-0.3, -0.25) is 0 Å². The van der Waals surface area contributed by atoms with E-state index in [0.717, 1.165) is 0 Å². The van der Waals surface area contributed by atoms with E-state index in [-0.39, 0.29) is 103 Å². The Morgan fingerprint density at radius 3 is 1.74 bits per heavy atom. The van der Waals surface area contributed by atoms with Crippen LogP contribution >= 0.6 is 0 Å². The molecule has 7 heteroatoms. The Bertz CT molecular complexity index is 484. The van der Waals surface area contributed by atoms with Gasteiger partial charge in [-0.15, -0.1) is 0 Å². The van der Waals surface area contributed by atoms with Crippen LogP contribution in [-0.4, -0.2) is 29.7 Å². The summed E-state index contributed by atoms with van der Waals surface area (Å²) in [6.45, 7) is 4.65. The number of carboxylic acid groups (broad SMARTS) is 2. The molecule has 0 saturated heterocycles. The average molecular weight is 419 g/mol. The van der Waals surface area contributed by atoms with E-state index in [1.807, 2.05) is 0 Å². The molecule has 0 N–H and O–H groups in total. The number of hydrogen-bond donors (Lipinski definition) is 0. The zero-order valence-corrected chi connectivity index (χ0v) is 24.1. The van der Waals surface area contributed by atoms with E-state index >= 15 is 0 Å². The third-order valence-electron chi connectivity index (χ3n) is 4.25. The monoisotopic (exact) mass is 418 g/mol. The Balaban J connectivity index is -0.000000552. The summed E-state index contributed by atoms with van der Waals surface area (Å²) in [5, 5.41) is 18.6. The van der Waals surface area contributed by atoms with E-state index in [1.54, 1.807) is 0 Å². The molecule has 136 valence electrons. The summed E-state index contributed by atoms with van der Waals surface area (Å²) in [6, 6.07) is 10.9. The van der Waals surface area contributed by atoms with Crippen LogP contribution in [0.25, 0.3) is 0 Å². The van der Waals surface area contributed by atoms with E-state index in [2.05, 4.69) is 61.9 Å². The average Bonchev–Trinajstić information content (AvgIpc) is 2.54. The van der Waals surface area contributed by atoms with Crippen LogP contribution in [0.5, 0.6) is 0 Å². The first kappa shape index (κ1) is 33.7. The molecule has 0 radical (unpaired) electrons. The molecule has 0 amide bonds. The third-order valence-corrected chi connectivity index (χ3v) is 4.25. The Morgan fingerprint density at radius 1 is 0.889 bits per heavy atom. The van der Waals surface area contributed by atoms with Gasteiger partial charge in [0.1, 0.15) is 0 Å². The number of carboxylic acids is 2. The van der Waals surface area contributed by atoms with Crippen LogP contribution in [0.2, 0.25) is 0 Å². The van der Waals surface area contributed by atoms with Crippen molar-refractivity contribution in [3.63, 3.8) is 0 Å². The molecule has 0 bridgehead atoms. The molecule has 0 aliphatic heterocycles. The Labute approximate surface area is 259 Å². The van der Waals surface area contributed by atoms with Gasteiger partial charge in [-0.2, -0.15) is 0 Å². The number of benzene rings is 1. The number of unbranched alkanes of at least 4 members (excludes halogenated alkanes) is 6. The second kappa shape index (κ2) is 21.3. The molecule has 1 rings (SSSR count). The Hall–Kier alpha value is 2.03. The maximum absolute atomic E-state index is 9.28. The second-order valence-corrected chi connectivity index (χ2v) is 7.04. The molecule has 0 fully saturated rings. The maximum atomic E-state index is 9.28. The fourth-order valence-electron chi connectivity index (χ4n) is 2.68. The first-order chi connectivity index (χ1) is 11.8. The van der Waals surface area contributed by atoms with Crippen LogP contribution in [0.15, 0.2) is 30.3 Å². The van der Waals surface area contributed by atoms with Crippen LogP contribution in [0, 0.1) is 0 Å². The van der Waals surface area contributed by atoms with Crippen LogP contribution in [0.3, 0.4) is 0 Å². The van der Waals surface area contributed by atoms with Gasteiger partial charge in [0.15, 0.2) is 0 Å². The van der Waals surface area contributed by atoms with E-state index in [0.29, 0.717) is 4.09 Å². The minimum absolute atomic E-state index is 0. The Morgan fingerprint density at radius 2 is 1.33 bits per heavy atom. The van der Waals surface area contributed by atoms with Gasteiger partial charge < -0.3 is 19.8 Å². The molecule has 1 aromatic rings. The zero-order chi connectivity index (χ0) is 19.1. The van der Waals surface area contributed by atoms with Crippen molar-refractivity contribution in [2.24, 2.45) is 0 Å². The molecular weight excluding hydrogens is 389 g/mol. The number of aliphatic carboxylic acids is 2. The molecule has 0 aromatic heterocycles. The number of hydrogen-bond acceptors (Lipinski definition) is 4. The normalized spacial score (nSPS) is 11.7. The summed E-state index contributed by atoms with van der Waals surface area (Å²) in [6.07, 6.45) is 10.1. The molecule has 1 unspecified atom stereocenters. The summed E-state index contributed by atoms with van der Waals surface area (Å²) in [5.41, 5.74) is 1.48. The van der Waals surface area contributed by atoms with Gasteiger partial charge in [0.2, 0.25) is 0 Å². The number of rotatable bonds is 11. The van der Waals surface area contributed by atoms with Crippen LogP contribution in [0.4, 0.5) is 0 Å². The van der Waals surface area contributed by atoms with Crippen molar-refractivity contribution < 1.29 is 123 Å². The predicted molar refractivity (Wildman–Crippen MR) is 96.8 cm³/mol. The first-order valence-electron chi connectivity index (χ1n) is 9.24. The quantitative estimate of drug-likeness (QED) is 0.209.